The molecule has 0 amide bonds. The van der Waals surface area contributed by atoms with E-state index in [1.54, 1.807) is 19.1 Å². The van der Waals surface area contributed by atoms with Gasteiger partial charge >= 0.3 is 0 Å². The first-order valence-electron chi connectivity index (χ1n) is 3.69. The summed E-state index contributed by atoms with van der Waals surface area (Å²) >= 11 is 0. The van der Waals surface area contributed by atoms with Crippen molar-refractivity contribution in [3.63, 3.8) is 0 Å². The lowest BCUT2D eigenvalue weighted by Gasteiger charge is -1.91. The number of hydrogen-bond donors (Lipinski definition) is 3. The molecule has 2 rings (SSSR count). The zero-order valence-corrected chi connectivity index (χ0v) is 6.63. The third-order valence-electron chi connectivity index (χ3n) is 1.94. The third-order valence-corrected chi connectivity index (χ3v) is 1.94. The van der Waals surface area contributed by atoms with E-state index in [2.05, 4.69) is 4.98 Å². The van der Waals surface area contributed by atoms with Crippen LogP contribution in [0.4, 0.5) is 0 Å². The molecule has 0 aliphatic rings. The number of rotatable bonds is 0. The standard InChI is InChI=1S/C9H9NO2/c1-5-9(12)7-4-6(11)2-3-8(7)10-5/h2-4,10-12H,1H3. The maximum Gasteiger partial charge on any atom is 0.143 e. The number of fused-ring (bicyclic) bond motifs is 1. The van der Waals surface area contributed by atoms with Crippen LogP contribution < -0.4 is 0 Å². The Kier molecular flexibility index (Phi) is 1.27. The molecule has 0 spiro atoms. The molecule has 0 saturated carbocycles. The molecule has 0 aliphatic heterocycles. The molecule has 0 bridgehead atoms. The van der Waals surface area contributed by atoms with Crippen molar-refractivity contribution in [2.75, 3.05) is 0 Å². The number of phenolic OH excluding ortho intramolecular Hbond substituents is 1. The van der Waals surface area contributed by atoms with Gasteiger partial charge in [-0.3, -0.25) is 0 Å². The quantitative estimate of drug-likeness (QED) is 0.555. The molecular formula is C9H9NO2. The number of aromatic hydroxyl groups is 2. The van der Waals surface area contributed by atoms with Crippen molar-refractivity contribution in [3.8, 4) is 11.5 Å². The van der Waals surface area contributed by atoms with Crippen LogP contribution >= 0.6 is 0 Å². The number of H-pyrrole nitrogens is 1. The zero-order valence-electron chi connectivity index (χ0n) is 6.63. The van der Waals surface area contributed by atoms with Gasteiger partial charge in [0.25, 0.3) is 0 Å². The summed E-state index contributed by atoms with van der Waals surface area (Å²) in [5.41, 5.74) is 1.55. The molecule has 3 heteroatoms. The molecule has 0 saturated heterocycles. The Morgan fingerprint density at radius 1 is 1.25 bits per heavy atom. The molecule has 12 heavy (non-hydrogen) atoms. The Labute approximate surface area is 69.3 Å². The molecule has 1 aromatic carbocycles. The van der Waals surface area contributed by atoms with Gasteiger partial charge in [0.15, 0.2) is 0 Å². The molecule has 0 unspecified atom stereocenters. The normalized spacial score (nSPS) is 10.8. The van der Waals surface area contributed by atoms with Gasteiger partial charge in [0, 0.05) is 10.9 Å². The predicted molar refractivity (Wildman–Crippen MR) is 46.4 cm³/mol. The van der Waals surface area contributed by atoms with Crippen molar-refractivity contribution < 1.29 is 10.2 Å². The van der Waals surface area contributed by atoms with Gasteiger partial charge in [0.1, 0.15) is 11.5 Å². The van der Waals surface area contributed by atoms with Crippen LogP contribution in [0.1, 0.15) is 5.69 Å². The second-order valence-electron chi connectivity index (χ2n) is 2.83. The zero-order chi connectivity index (χ0) is 8.72. The number of nitrogens with one attached hydrogen (secondary N) is 1. The van der Waals surface area contributed by atoms with Crippen LogP contribution in [-0.2, 0) is 0 Å². The monoisotopic (exact) mass is 163 g/mol. The third kappa shape index (κ3) is 0.830. The van der Waals surface area contributed by atoms with E-state index in [0.717, 1.165) is 11.2 Å². The molecule has 3 nitrogen and oxygen atoms in total. The highest BCUT2D eigenvalue weighted by atomic mass is 16.3. The van der Waals surface area contributed by atoms with Crippen LogP contribution in [0.15, 0.2) is 18.2 Å². The molecule has 0 atom stereocenters. The molecule has 0 aliphatic carbocycles. The van der Waals surface area contributed by atoms with Gasteiger partial charge in [0.05, 0.1) is 5.69 Å². The van der Waals surface area contributed by atoms with E-state index in [-0.39, 0.29) is 11.5 Å². The highest BCUT2D eigenvalue weighted by Gasteiger charge is 2.06. The lowest BCUT2D eigenvalue weighted by Crippen LogP contribution is -1.67. The van der Waals surface area contributed by atoms with E-state index < -0.39 is 0 Å². The topological polar surface area (TPSA) is 56.2 Å². The molecule has 2 aromatic rings. The van der Waals surface area contributed by atoms with Crippen LogP contribution in [0.2, 0.25) is 0 Å². The van der Waals surface area contributed by atoms with E-state index in [0.29, 0.717) is 5.39 Å². The Balaban J connectivity index is 2.88. The van der Waals surface area contributed by atoms with Gasteiger partial charge in [0.2, 0.25) is 0 Å². The first kappa shape index (κ1) is 7.03. The summed E-state index contributed by atoms with van der Waals surface area (Å²) in [6.45, 7) is 1.78. The molecule has 3 N–H and O–H groups in total. The minimum absolute atomic E-state index is 0.164. The fourth-order valence-electron chi connectivity index (χ4n) is 1.30. The van der Waals surface area contributed by atoms with Crippen LogP contribution in [0.5, 0.6) is 11.5 Å². The Hall–Kier alpha value is -1.64. The van der Waals surface area contributed by atoms with Crippen LogP contribution in [-0.4, -0.2) is 15.2 Å². The molecule has 1 aromatic heterocycles. The summed E-state index contributed by atoms with van der Waals surface area (Å²) in [7, 11) is 0. The lowest BCUT2D eigenvalue weighted by molar-refractivity contribution is 0.470. The van der Waals surface area contributed by atoms with Gasteiger partial charge in [-0.2, -0.15) is 0 Å². The molecule has 0 radical (unpaired) electrons. The number of aromatic nitrogens is 1. The van der Waals surface area contributed by atoms with Gasteiger partial charge in [-0.05, 0) is 25.1 Å². The van der Waals surface area contributed by atoms with Gasteiger partial charge < -0.3 is 15.2 Å². The Morgan fingerprint density at radius 3 is 2.75 bits per heavy atom. The molecule has 1 heterocycles. The molecule has 0 fully saturated rings. The van der Waals surface area contributed by atoms with E-state index in [9.17, 15) is 5.11 Å². The summed E-state index contributed by atoms with van der Waals surface area (Å²) < 4.78 is 0. The number of hydrogen-bond acceptors (Lipinski definition) is 2. The first-order valence-corrected chi connectivity index (χ1v) is 3.69. The van der Waals surface area contributed by atoms with Gasteiger partial charge in [-0.15, -0.1) is 0 Å². The highest BCUT2D eigenvalue weighted by molar-refractivity contribution is 5.88. The van der Waals surface area contributed by atoms with Crippen molar-refractivity contribution in [2.24, 2.45) is 0 Å². The summed E-state index contributed by atoms with van der Waals surface area (Å²) in [6.07, 6.45) is 0. The second-order valence-corrected chi connectivity index (χ2v) is 2.83. The van der Waals surface area contributed by atoms with E-state index >= 15 is 0 Å². The Morgan fingerprint density at radius 2 is 2.00 bits per heavy atom. The average molecular weight is 163 g/mol. The Bertz CT molecular complexity index is 431. The smallest absolute Gasteiger partial charge is 0.143 e. The highest BCUT2D eigenvalue weighted by Crippen LogP contribution is 2.30. The van der Waals surface area contributed by atoms with Crippen LogP contribution in [0, 0.1) is 6.92 Å². The first-order chi connectivity index (χ1) is 5.68. The second kappa shape index (κ2) is 2.17. The minimum Gasteiger partial charge on any atom is -0.508 e. The lowest BCUT2D eigenvalue weighted by atomic mass is 10.2. The molecule has 62 valence electrons. The van der Waals surface area contributed by atoms with E-state index in [4.69, 9.17) is 5.11 Å². The maximum absolute atomic E-state index is 9.48. The maximum atomic E-state index is 9.48. The number of phenols is 1. The predicted octanol–water partition coefficient (Wildman–Crippen LogP) is 1.89. The van der Waals surface area contributed by atoms with E-state index in [1.165, 1.54) is 6.07 Å². The van der Waals surface area contributed by atoms with Gasteiger partial charge in [-0.25, -0.2) is 0 Å². The minimum atomic E-state index is 0.164. The van der Waals surface area contributed by atoms with Crippen LogP contribution in [0.3, 0.4) is 0 Å². The van der Waals surface area contributed by atoms with Crippen molar-refractivity contribution >= 4 is 10.9 Å². The summed E-state index contributed by atoms with van der Waals surface area (Å²) in [6, 6.07) is 4.85. The van der Waals surface area contributed by atoms with Gasteiger partial charge in [-0.1, -0.05) is 0 Å². The summed E-state index contributed by atoms with van der Waals surface area (Å²) in [4.78, 5) is 2.99. The number of aryl methyl sites for hydroxylation is 1. The fourth-order valence-corrected chi connectivity index (χ4v) is 1.30. The average Bonchev–Trinajstić information content (AvgIpc) is 2.31. The summed E-state index contributed by atoms with van der Waals surface area (Å²) in [5, 5.41) is 19.3. The fraction of sp³-hybridized carbons (Fsp3) is 0.111. The summed E-state index contributed by atoms with van der Waals surface area (Å²) in [5.74, 6) is 0.373. The van der Waals surface area contributed by atoms with Crippen molar-refractivity contribution in [2.45, 2.75) is 6.92 Å². The largest absolute Gasteiger partial charge is 0.508 e. The van der Waals surface area contributed by atoms with Crippen molar-refractivity contribution in [3.05, 3.63) is 23.9 Å². The van der Waals surface area contributed by atoms with Crippen molar-refractivity contribution in [1.29, 1.82) is 0 Å². The number of aromatic amines is 1. The molecular weight excluding hydrogens is 154 g/mol. The number of benzene rings is 1. The van der Waals surface area contributed by atoms with Crippen molar-refractivity contribution in [1.82, 2.24) is 4.98 Å². The van der Waals surface area contributed by atoms with E-state index in [1.807, 2.05) is 0 Å². The SMILES string of the molecule is Cc1[nH]c2ccc(O)cc2c1O. The van der Waals surface area contributed by atoms with Crippen LogP contribution in [0.25, 0.3) is 10.9 Å².